The summed E-state index contributed by atoms with van der Waals surface area (Å²) in [6.45, 7) is 3.94. The van der Waals surface area contributed by atoms with Crippen LogP contribution in [-0.4, -0.2) is 34.8 Å². The Morgan fingerprint density at radius 3 is 2.15 bits per heavy atom. The van der Waals surface area contributed by atoms with Gasteiger partial charge in [-0.2, -0.15) is 0 Å². The fourth-order valence-corrected chi connectivity index (χ4v) is 6.48. The van der Waals surface area contributed by atoms with E-state index >= 15 is 0 Å². The molecule has 198 valence electrons. The van der Waals surface area contributed by atoms with Gasteiger partial charge in [0.05, 0.1) is 6.04 Å². The topological polar surface area (TPSA) is 23.6 Å². The van der Waals surface area contributed by atoms with Crippen molar-refractivity contribution in [3.63, 3.8) is 0 Å². The molecule has 0 N–H and O–H groups in total. The van der Waals surface area contributed by atoms with Gasteiger partial charge in [-0.1, -0.05) is 91.0 Å². The van der Waals surface area contributed by atoms with E-state index in [1.54, 1.807) is 6.07 Å². The maximum Gasteiger partial charge on any atom is 0.224 e. The number of amides is 1. The zero-order valence-corrected chi connectivity index (χ0v) is 22.5. The van der Waals surface area contributed by atoms with E-state index in [4.69, 9.17) is 0 Å². The van der Waals surface area contributed by atoms with Crippen molar-refractivity contribution in [3.05, 3.63) is 142 Å². The van der Waals surface area contributed by atoms with E-state index in [0.717, 1.165) is 19.3 Å². The van der Waals surface area contributed by atoms with Crippen LogP contribution >= 0.6 is 0 Å². The Kier molecular flexibility index (Phi) is 7.30. The van der Waals surface area contributed by atoms with E-state index < -0.39 is 0 Å². The molecule has 1 heterocycles. The van der Waals surface area contributed by atoms with Crippen molar-refractivity contribution in [2.24, 2.45) is 0 Å². The van der Waals surface area contributed by atoms with Gasteiger partial charge in [-0.15, -0.1) is 0 Å². The molecular weight excluding hydrogens is 483 g/mol. The van der Waals surface area contributed by atoms with Crippen molar-refractivity contribution in [2.75, 3.05) is 13.1 Å². The molecule has 0 saturated heterocycles. The lowest BCUT2D eigenvalue weighted by Gasteiger charge is -2.39. The first kappa shape index (κ1) is 25.5. The van der Waals surface area contributed by atoms with E-state index in [0.29, 0.717) is 31.6 Å². The van der Waals surface area contributed by atoms with E-state index in [1.807, 2.05) is 12.1 Å². The van der Waals surface area contributed by atoms with Crippen LogP contribution in [-0.2, 0) is 30.6 Å². The van der Waals surface area contributed by atoms with E-state index in [-0.39, 0.29) is 23.8 Å². The third-order valence-corrected chi connectivity index (χ3v) is 8.58. The Morgan fingerprint density at radius 1 is 0.821 bits per heavy atom. The molecule has 0 fully saturated rings. The normalized spacial score (nSPS) is 16.8. The predicted molar refractivity (Wildman–Crippen MR) is 154 cm³/mol. The maximum atomic E-state index is 14.7. The standard InChI is InChI=1S/C35H35FN2O/c1-25-10-2-7-15-31(25)35-32-16-8-5-11-26(32)18-21-38(35)34(39)19-20-37(24-29-14-6-9-17-33(29)36)30-22-27-12-3-4-13-28(27)23-30/h2-17,30,35H,18-24H2,1H3/t35-/m1/s1. The van der Waals surface area contributed by atoms with Gasteiger partial charge in [-0.05, 0) is 65.6 Å². The third-order valence-electron chi connectivity index (χ3n) is 8.58. The van der Waals surface area contributed by atoms with Crippen LogP contribution in [0.25, 0.3) is 0 Å². The van der Waals surface area contributed by atoms with Crippen molar-refractivity contribution in [3.8, 4) is 0 Å². The molecule has 4 aromatic carbocycles. The molecule has 0 unspecified atom stereocenters. The summed E-state index contributed by atoms with van der Waals surface area (Å²) < 4.78 is 14.7. The molecule has 1 aliphatic heterocycles. The van der Waals surface area contributed by atoms with E-state index in [9.17, 15) is 9.18 Å². The molecule has 1 amide bonds. The van der Waals surface area contributed by atoms with Gasteiger partial charge in [0, 0.05) is 37.7 Å². The molecule has 0 aromatic heterocycles. The predicted octanol–water partition coefficient (Wildman–Crippen LogP) is 6.67. The van der Waals surface area contributed by atoms with Gasteiger partial charge in [0.1, 0.15) is 5.82 Å². The number of halogens is 1. The summed E-state index contributed by atoms with van der Waals surface area (Å²) in [4.78, 5) is 18.4. The maximum absolute atomic E-state index is 14.7. The van der Waals surface area contributed by atoms with Crippen molar-refractivity contribution < 1.29 is 9.18 Å². The number of fused-ring (bicyclic) bond motifs is 2. The quantitative estimate of drug-likeness (QED) is 0.273. The van der Waals surface area contributed by atoms with Crippen LogP contribution in [0.15, 0.2) is 97.1 Å². The lowest BCUT2D eigenvalue weighted by molar-refractivity contribution is -0.133. The van der Waals surface area contributed by atoms with Gasteiger partial charge in [0.25, 0.3) is 0 Å². The number of hydrogen-bond donors (Lipinski definition) is 0. The Balaban J connectivity index is 1.25. The van der Waals surface area contributed by atoms with Crippen LogP contribution in [0.3, 0.4) is 0 Å². The summed E-state index contributed by atoms with van der Waals surface area (Å²) in [7, 11) is 0. The highest BCUT2D eigenvalue weighted by atomic mass is 19.1. The highest BCUT2D eigenvalue weighted by Crippen LogP contribution is 2.37. The Labute approximate surface area is 230 Å². The molecule has 2 aliphatic rings. The van der Waals surface area contributed by atoms with Gasteiger partial charge in [0.2, 0.25) is 5.91 Å². The summed E-state index contributed by atoms with van der Waals surface area (Å²) in [5.74, 6) is -0.0246. The summed E-state index contributed by atoms with van der Waals surface area (Å²) in [6.07, 6.45) is 3.14. The lowest BCUT2D eigenvalue weighted by atomic mass is 9.86. The molecule has 1 aliphatic carbocycles. The van der Waals surface area contributed by atoms with Crippen LogP contribution < -0.4 is 0 Å². The molecule has 4 aromatic rings. The van der Waals surface area contributed by atoms with Crippen LogP contribution in [0, 0.1) is 12.7 Å². The molecule has 6 rings (SSSR count). The zero-order valence-electron chi connectivity index (χ0n) is 22.5. The fraction of sp³-hybridized carbons (Fsp3) is 0.286. The molecule has 0 bridgehead atoms. The number of hydrogen-bond acceptors (Lipinski definition) is 2. The lowest BCUT2D eigenvalue weighted by Crippen LogP contribution is -2.43. The van der Waals surface area contributed by atoms with Gasteiger partial charge in [-0.3, -0.25) is 9.69 Å². The number of benzene rings is 4. The molecule has 1 atom stereocenters. The Bertz CT molecular complexity index is 1460. The van der Waals surface area contributed by atoms with Crippen LogP contribution in [0.5, 0.6) is 0 Å². The monoisotopic (exact) mass is 518 g/mol. The summed E-state index contributed by atoms with van der Waals surface area (Å²) in [6, 6.07) is 32.7. The number of nitrogens with zero attached hydrogens (tertiary/aromatic N) is 2. The number of carbonyl (C=O) groups excluding carboxylic acids is 1. The van der Waals surface area contributed by atoms with Crippen LogP contribution in [0.1, 0.15) is 51.4 Å². The van der Waals surface area contributed by atoms with Crippen molar-refractivity contribution in [1.29, 1.82) is 0 Å². The summed E-state index contributed by atoms with van der Waals surface area (Å²) in [5, 5.41) is 0. The highest BCUT2D eigenvalue weighted by molar-refractivity contribution is 5.78. The third kappa shape index (κ3) is 5.26. The van der Waals surface area contributed by atoms with E-state index in [1.165, 1.54) is 39.4 Å². The Morgan fingerprint density at radius 2 is 1.44 bits per heavy atom. The van der Waals surface area contributed by atoms with Crippen molar-refractivity contribution in [2.45, 2.75) is 51.2 Å². The zero-order chi connectivity index (χ0) is 26.8. The van der Waals surface area contributed by atoms with Crippen molar-refractivity contribution in [1.82, 2.24) is 9.80 Å². The average Bonchev–Trinajstić information content (AvgIpc) is 3.40. The number of aryl methyl sites for hydroxylation is 1. The molecule has 39 heavy (non-hydrogen) atoms. The van der Waals surface area contributed by atoms with Crippen LogP contribution in [0.4, 0.5) is 4.39 Å². The second kappa shape index (κ2) is 11.2. The first-order valence-electron chi connectivity index (χ1n) is 14.1. The van der Waals surface area contributed by atoms with E-state index in [2.05, 4.69) is 89.5 Å². The van der Waals surface area contributed by atoms with Gasteiger partial charge >= 0.3 is 0 Å². The molecule has 0 saturated carbocycles. The molecule has 0 radical (unpaired) electrons. The minimum absolute atomic E-state index is 0.0839. The van der Waals surface area contributed by atoms with Gasteiger partial charge in [-0.25, -0.2) is 4.39 Å². The first-order chi connectivity index (χ1) is 19.1. The summed E-state index contributed by atoms with van der Waals surface area (Å²) >= 11 is 0. The molecular formula is C35H35FN2O. The highest BCUT2D eigenvalue weighted by Gasteiger charge is 2.33. The van der Waals surface area contributed by atoms with Crippen molar-refractivity contribution >= 4 is 5.91 Å². The second-order valence-corrected chi connectivity index (χ2v) is 10.9. The summed E-state index contributed by atoms with van der Waals surface area (Å²) in [5.41, 5.74) is 8.33. The second-order valence-electron chi connectivity index (χ2n) is 10.9. The smallest absolute Gasteiger partial charge is 0.224 e. The van der Waals surface area contributed by atoms with Crippen LogP contribution in [0.2, 0.25) is 0 Å². The fourth-order valence-electron chi connectivity index (χ4n) is 6.48. The van der Waals surface area contributed by atoms with Gasteiger partial charge in [0.15, 0.2) is 0 Å². The minimum Gasteiger partial charge on any atom is -0.331 e. The Hall–Kier alpha value is -3.76. The SMILES string of the molecule is Cc1ccccc1[C@@H]1c2ccccc2CCN1C(=O)CCN(Cc1ccccc1F)C1Cc2ccccc2C1. The first-order valence-corrected chi connectivity index (χ1v) is 14.1. The average molecular weight is 519 g/mol. The largest absolute Gasteiger partial charge is 0.331 e. The number of rotatable bonds is 7. The van der Waals surface area contributed by atoms with Gasteiger partial charge < -0.3 is 4.90 Å². The molecule has 4 heteroatoms. The number of carbonyl (C=O) groups is 1. The minimum atomic E-state index is -0.184. The molecule has 3 nitrogen and oxygen atoms in total. The molecule has 0 spiro atoms.